The molecule has 0 fully saturated rings. The fraction of sp³-hybridized carbons (Fsp3) is 0.267. The van der Waals surface area contributed by atoms with Gasteiger partial charge < -0.3 is 20.5 Å². The fourth-order valence-corrected chi connectivity index (χ4v) is 2.67. The molecule has 0 aliphatic carbocycles. The number of nitrogens with one attached hydrogen (secondary N) is 1. The second-order valence-corrected chi connectivity index (χ2v) is 5.32. The number of benzene rings is 1. The summed E-state index contributed by atoms with van der Waals surface area (Å²) in [6, 6.07) is 7.44. The summed E-state index contributed by atoms with van der Waals surface area (Å²) in [6.07, 6.45) is 0.706. The van der Waals surface area contributed by atoms with E-state index in [2.05, 4.69) is 5.32 Å². The molecule has 2 aromatic rings. The summed E-state index contributed by atoms with van der Waals surface area (Å²) >= 11 is 1.34. The molecule has 0 aliphatic heterocycles. The molecule has 0 unspecified atom stereocenters. The molecule has 1 aromatic heterocycles. The second kappa shape index (κ2) is 6.99. The molecule has 21 heavy (non-hydrogen) atoms. The number of nitrogen functional groups attached to an aromatic ring is 1. The summed E-state index contributed by atoms with van der Waals surface area (Å²) in [4.78, 5) is 12.5. The van der Waals surface area contributed by atoms with E-state index in [1.807, 2.05) is 18.2 Å². The number of amides is 1. The molecule has 1 heterocycles. The number of hydrogen-bond donors (Lipinski definition) is 2. The van der Waals surface area contributed by atoms with Crippen LogP contribution in [0.2, 0.25) is 0 Å². The fourth-order valence-electron chi connectivity index (χ4n) is 1.94. The topological polar surface area (TPSA) is 73.6 Å². The van der Waals surface area contributed by atoms with Crippen LogP contribution in [0.4, 0.5) is 5.69 Å². The highest BCUT2D eigenvalue weighted by atomic mass is 32.1. The Labute approximate surface area is 127 Å². The van der Waals surface area contributed by atoms with Crippen LogP contribution in [0.1, 0.15) is 15.2 Å². The molecule has 0 aliphatic rings. The first-order valence-electron chi connectivity index (χ1n) is 6.47. The summed E-state index contributed by atoms with van der Waals surface area (Å²) in [5.74, 6) is 1.24. The first-order valence-corrected chi connectivity index (χ1v) is 7.35. The number of carbonyl (C=O) groups is 1. The minimum atomic E-state index is -0.136. The van der Waals surface area contributed by atoms with Crippen LogP contribution in [-0.2, 0) is 6.42 Å². The number of thiophene rings is 1. The maximum Gasteiger partial charge on any atom is 0.263 e. The van der Waals surface area contributed by atoms with E-state index in [-0.39, 0.29) is 5.91 Å². The molecule has 0 radical (unpaired) electrons. The Bertz CT molecular complexity index is 625. The van der Waals surface area contributed by atoms with E-state index in [0.717, 1.165) is 5.56 Å². The molecule has 2 rings (SSSR count). The number of hydrogen-bond acceptors (Lipinski definition) is 5. The summed E-state index contributed by atoms with van der Waals surface area (Å²) in [5, 5.41) is 4.66. The first kappa shape index (κ1) is 15.2. The highest BCUT2D eigenvalue weighted by Crippen LogP contribution is 2.27. The standard InChI is InChI=1S/C15H18N2O3S/c1-19-12-4-3-10(9-13(12)20-2)5-7-17-15(18)14-11(16)6-8-21-14/h3-4,6,8-9H,5,7,16H2,1-2H3,(H,17,18). The van der Waals surface area contributed by atoms with Gasteiger partial charge in [0.05, 0.1) is 19.9 Å². The molecule has 0 spiro atoms. The number of anilines is 1. The number of rotatable bonds is 6. The zero-order chi connectivity index (χ0) is 15.2. The van der Waals surface area contributed by atoms with Crippen LogP contribution in [0.25, 0.3) is 0 Å². The van der Waals surface area contributed by atoms with Crippen LogP contribution in [0, 0.1) is 0 Å². The Morgan fingerprint density at radius 3 is 2.62 bits per heavy atom. The van der Waals surface area contributed by atoms with Crippen molar-refractivity contribution < 1.29 is 14.3 Å². The largest absolute Gasteiger partial charge is 0.493 e. The SMILES string of the molecule is COc1ccc(CCNC(=O)c2sccc2N)cc1OC. The molecular weight excluding hydrogens is 288 g/mol. The Morgan fingerprint density at radius 1 is 1.24 bits per heavy atom. The lowest BCUT2D eigenvalue weighted by atomic mass is 10.1. The zero-order valence-electron chi connectivity index (χ0n) is 12.0. The van der Waals surface area contributed by atoms with Crippen molar-refractivity contribution in [2.24, 2.45) is 0 Å². The summed E-state index contributed by atoms with van der Waals surface area (Å²) in [6.45, 7) is 0.533. The van der Waals surface area contributed by atoms with Crippen LogP contribution >= 0.6 is 11.3 Å². The molecule has 0 bridgehead atoms. The van der Waals surface area contributed by atoms with Gasteiger partial charge in [-0.05, 0) is 35.6 Å². The quantitative estimate of drug-likeness (QED) is 0.859. The predicted octanol–water partition coefficient (Wildman–Crippen LogP) is 2.32. The van der Waals surface area contributed by atoms with E-state index in [1.54, 1.807) is 25.7 Å². The van der Waals surface area contributed by atoms with Gasteiger partial charge in [-0.15, -0.1) is 11.3 Å². The maximum atomic E-state index is 11.9. The zero-order valence-corrected chi connectivity index (χ0v) is 12.8. The molecule has 3 N–H and O–H groups in total. The lowest BCUT2D eigenvalue weighted by molar-refractivity contribution is 0.0959. The van der Waals surface area contributed by atoms with Crippen molar-refractivity contribution in [1.82, 2.24) is 5.32 Å². The third-order valence-corrected chi connectivity index (χ3v) is 3.98. The van der Waals surface area contributed by atoms with Crippen molar-refractivity contribution in [1.29, 1.82) is 0 Å². The molecule has 112 valence electrons. The summed E-state index contributed by atoms with van der Waals surface area (Å²) in [7, 11) is 3.20. The smallest absolute Gasteiger partial charge is 0.263 e. The molecule has 1 aromatic carbocycles. The number of methoxy groups -OCH3 is 2. The van der Waals surface area contributed by atoms with E-state index in [4.69, 9.17) is 15.2 Å². The Kier molecular flexibility index (Phi) is 5.05. The van der Waals surface area contributed by atoms with Gasteiger partial charge in [-0.3, -0.25) is 4.79 Å². The van der Waals surface area contributed by atoms with Crippen molar-refractivity contribution in [2.75, 3.05) is 26.5 Å². The molecule has 5 nitrogen and oxygen atoms in total. The van der Waals surface area contributed by atoms with Gasteiger partial charge in [-0.25, -0.2) is 0 Å². The van der Waals surface area contributed by atoms with Gasteiger partial charge in [-0.1, -0.05) is 6.07 Å². The van der Waals surface area contributed by atoms with Gasteiger partial charge in [0, 0.05) is 6.54 Å². The van der Waals surface area contributed by atoms with Crippen LogP contribution in [0.15, 0.2) is 29.6 Å². The first-order chi connectivity index (χ1) is 10.2. The number of ether oxygens (including phenoxy) is 2. The monoisotopic (exact) mass is 306 g/mol. The molecule has 0 saturated carbocycles. The van der Waals surface area contributed by atoms with Crippen molar-refractivity contribution >= 4 is 22.9 Å². The minimum absolute atomic E-state index is 0.136. The predicted molar refractivity (Wildman–Crippen MR) is 84.3 cm³/mol. The van der Waals surface area contributed by atoms with Crippen LogP contribution in [0.3, 0.4) is 0 Å². The summed E-state index contributed by atoms with van der Waals surface area (Å²) < 4.78 is 10.4. The lowest BCUT2D eigenvalue weighted by Crippen LogP contribution is -2.25. The highest BCUT2D eigenvalue weighted by molar-refractivity contribution is 7.12. The van der Waals surface area contributed by atoms with Gasteiger partial charge in [0.15, 0.2) is 11.5 Å². The molecule has 0 saturated heterocycles. The van der Waals surface area contributed by atoms with Crippen LogP contribution in [-0.4, -0.2) is 26.7 Å². The van der Waals surface area contributed by atoms with Gasteiger partial charge in [0.2, 0.25) is 0 Å². The Balaban J connectivity index is 1.92. The number of carbonyl (C=O) groups excluding carboxylic acids is 1. The van der Waals surface area contributed by atoms with Crippen LogP contribution in [0.5, 0.6) is 11.5 Å². The minimum Gasteiger partial charge on any atom is -0.493 e. The number of nitrogens with two attached hydrogens (primary N) is 1. The molecular formula is C15H18N2O3S. The van der Waals surface area contributed by atoms with Crippen molar-refractivity contribution in [3.05, 3.63) is 40.1 Å². The van der Waals surface area contributed by atoms with Crippen molar-refractivity contribution in [2.45, 2.75) is 6.42 Å². The van der Waals surface area contributed by atoms with E-state index in [9.17, 15) is 4.79 Å². The van der Waals surface area contributed by atoms with Gasteiger partial charge in [0.1, 0.15) is 4.88 Å². The van der Waals surface area contributed by atoms with Gasteiger partial charge >= 0.3 is 0 Å². The third-order valence-electron chi connectivity index (χ3n) is 3.05. The average molecular weight is 306 g/mol. The third kappa shape index (κ3) is 3.66. The molecule has 0 atom stereocenters. The summed E-state index contributed by atoms with van der Waals surface area (Å²) in [5.41, 5.74) is 7.29. The average Bonchev–Trinajstić information content (AvgIpc) is 2.93. The van der Waals surface area contributed by atoms with Crippen molar-refractivity contribution in [3.8, 4) is 11.5 Å². The maximum absolute atomic E-state index is 11.9. The molecule has 6 heteroatoms. The Hall–Kier alpha value is -2.21. The van der Waals surface area contributed by atoms with Crippen molar-refractivity contribution in [3.63, 3.8) is 0 Å². The lowest BCUT2D eigenvalue weighted by Gasteiger charge is -2.10. The van der Waals surface area contributed by atoms with Gasteiger partial charge in [0.25, 0.3) is 5.91 Å². The van der Waals surface area contributed by atoms with E-state index in [1.165, 1.54) is 11.3 Å². The van der Waals surface area contributed by atoms with E-state index in [0.29, 0.717) is 35.0 Å². The molecule has 1 amide bonds. The normalized spacial score (nSPS) is 10.2. The van der Waals surface area contributed by atoms with E-state index >= 15 is 0 Å². The van der Waals surface area contributed by atoms with Crippen LogP contribution < -0.4 is 20.5 Å². The second-order valence-electron chi connectivity index (χ2n) is 4.40. The van der Waals surface area contributed by atoms with E-state index < -0.39 is 0 Å². The highest BCUT2D eigenvalue weighted by Gasteiger charge is 2.10. The Morgan fingerprint density at radius 2 is 2.00 bits per heavy atom. The van der Waals surface area contributed by atoms with Gasteiger partial charge in [-0.2, -0.15) is 0 Å².